The van der Waals surface area contributed by atoms with Crippen molar-refractivity contribution in [2.24, 2.45) is 0 Å². The van der Waals surface area contributed by atoms with E-state index in [0.29, 0.717) is 36.8 Å². The van der Waals surface area contributed by atoms with Gasteiger partial charge >= 0.3 is 6.03 Å². The Bertz CT molecular complexity index is 1480. The number of carbonyl (C=O) groups is 2. The predicted molar refractivity (Wildman–Crippen MR) is 162 cm³/mol. The van der Waals surface area contributed by atoms with Gasteiger partial charge in [-0.1, -0.05) is 24.8 Å². The van der Waals surface area contributed by atoms with Gasteiger partial charge in [-0.15, -0.1) is 0 Å². The van der Waals surface area contributed by atoms with E-state index in [-0.39, 0.29) is 18.0 Å². The zero-order valence-corrected chi connectivity index (χ0v) is 23.9. The number of hydrogen-bond acceptors (Lipinski definition) is 7. The van der Waals surface area contributed by atoms with Crippen LogP contribution in [0.1, 0.15) is 30.5 Å². The number of carbonyl (C=O) groups excluding carboxylic acids is 2. The number of fused-ring (bicyclic) bond motifs is 2. The third-order valence-electron chi connectivity index (χ3n) is 8.22. The lowest BCUT2D eigenvalue weighted by molar-refractivity contribution is -0.115. The van der Waals surface area contributed by atoms with Gasteiger partial charge in [0.25, 0.3) is 5.91 Å². The molecule has 1 N–H and O–H groups in total. The molecule has 3 amide bonds. The average Bonchev–Trinajstić information content (AvgIpc) is 2.99. The Morgan fingerprint density at radius 3 is 2.46 bits per heavy atom. The second-order valence-corrected chi connectivity index (χ2v) is 11.1. The largest absolute Gasteiger partial charge is 0.369 e. The lowest BCUT2D eigenvalue weighted by atomic mass is 9.93. The molecule has 0 unspecified atom stereocenters. The van der Waals surface area contributed by atoms with Gasteiger partial charge < -0.3 is 24.9 Å². The third kappa shape index (κ3) is 5.11. The lowest BCUT2D eigenvalue weighted by Crippen LogP contribution is -2.49. The van der Waals surface area contributed by atoms with Gasteiger partial charge in [0.15, 0.2) is 0 Å². The average molecular weight is 553 g/mol. The first kappa shape index (κ1) is 26.8. The van der Waals surface area contributed by atoms with Crippen LogP contribution in [-0.2, 0) is 11.3 Å². The minimum Gasteiger partial charge on any atom is -0.369 e. The number of hydrogen-bond donors (Lipinski definition) is 1. The molecule has 1 aromatic heterocycles. The summed E-state index contributed by atoms with van der Waals surface area (Å²) < 4.78 is 0. The van der Waals surface area contributed by atoms with Gasteiger partial charge in [0.2, 0.25) is 5.95 Å². The quantitative estimate of drug-likeness (QED) is 0.470. The molecule has 0 radical (unpaired) electrons. The van der Waals surface area contributed by atoms with E-state index in [9.17, 15) is 9.59 Å². The first-order valence-corrected chi connectivity index (χ1v) is 14.1. The highest BCUT2D eigenvalue weighted by molar-refractivity contribution is 6.05. The first-order chi connectivity index (χ1) is 19.8. The molecular formula is C31H36N8O2. The van der Waals surface area contributed by atoms with Crippen molar-refractivity contribution in [3.63, 3.8) is 0 Å². The van der Waals surface area contributed by atoms with Crippen LogP contribution in [0.15, 0.2) is 66.9 Å². The number of urea groups is 1. The van der Waals surface area contributed by atoms with Crippen LogP contribution in [-0.4, -0.2) is 78.5 Å². The Balaban J connectivity index is 1.19. The molecule has 1 atom stereocenters. The molecule has 41 heavy (non-hydrogen) atoms. The summed E-state index contributed by atoms with van der Waals surface area (Å²) >= 11 is 0. The summed E-state index contributed by atoms with van der Waals surface area (Å²) in [7, 11) is 3.91. The Labute approximate surface area is 240 Å². The van der Waals surface area contributed by atoms with Crippen molar-refractivity contribution in [2.45, 2.75) is 25.9 Å². The van der Waals surface area contributed by atoms with E-state index in [1.165, 1.54) is 5.69 Å². The summed E-state index contributed by atoms with van der Waals surface area (Å²) in [5.41, 5.74) is 5.25. The topological polar surface area (TPSA) is 88.2 Å². The number of rotatable bonds is 5. The molecule has 0 bridgehead atoms. The highest BCUT2D eigenvalue weighted by Gasteiger charge is 2.39. The number of nitrogens with one attached hydrogen (secondary N) is 1. The van der Waals surface area contributed by atoms with Gasteiger partial charge in [-0.2, -0.15) is 4.98 Å². The van der Waals surface area contributed by atoms with Crippen LogP contribution in [0.5, 0.6) is 0 Å². The fourth-order valence-corrected chi connectivity index (χ4v) is 5.89. The van der Waals surface area contributed by atoms with Crippen LogP contribution in [0, 0.1) is 0 Å². The van der Waals surface area contributed by atoms with Crippen molar-refractivity contribution in [2.75, 3.05) is 66.8 Å². The van der Waals surface area contributed by atoms with E-state index in [1.807, 2.05) is 41.3 Å². The second-order valence-electron chi connectivity index (χ2n) is 11.1. The Morgan fingerprint density at radius 1 is 1.00 bits per heavy atom. The molecule has 1 fully saturated rings. The van der Waals surface area contributed by atoms with Crippen LogP contribution >= 0.6 is 0 Å². The highest BCUT2D eigenvalue weighted by Crippen LogP contribution is 2.41. The van der Waals surface area contributed by atoms with Crippen molar-refractivity contribution >= 4 is 40.8 Å². The molecular weight excluding hydrogens is 516 g/mol. The molecule has 3 aliphatic heterocycles. The fourth-order valence-electron chi connectivity index (χ4n) is 5.89. The molecule has 0 aliphatic carbocycles. The molecule has 10 nitrogen and oxygen atoms in total. The molecule has 0 spiro atoms. The second kappa shape index (κ2) is 10.9. The van der Waals surface area contributed by atoms with Gasteiger partial charge in [-0.25, -0.2) is 9.78 Å². The normalized spacial score (nSPS) is 19.1. The number of nitrogens with zero attached hydrogens (tertiary/aromatic N) is 7. The number of aromatic nitrogens is 2. The monoisotopic (exact) mass is 552 g/mol. The number of piperazine rings is 1. The summed E-state index contributed by atoms with van der Waals surface area (Å²) in [4.78, 5) is 45.7. The summed E-state index contributed by atoms with van der Waals surface area (Å²) in [6, 6.07) is 15.8. The fraction of sp³-hybridized carbons (Fsp3) is 0.355. The van der Waals surface area contributed by atoms with Crippen LogP contribution in [0.2, 0.25) is 0 Å². The zero-order valence-electron chi connectivity index (χ0n) is 23.9. The smallest absolute Gasteiger partial charge is 0.326 e. The van der Waals surface area contributed by atoms with E-state index in [1.54, 1.807) is 30.0 Å². The van der Waals surface area contributed by atoms with Gasteiger partial charge in [0.05, 0.1) is 12.6 Å². The molecule has 0 saturated carbocycles. The maximum absolute atomic E-state index is 13.7. The maximum Gasteiger partial charge on any atom is 0.326 e. The number of amides is 3. The minimum absolute atomic E-state index is 0.0919. The summed E-state index contributed by atoms with van der Waals surface area (Å²) in [5, 5.41) is 3.29. The van der Waals surface area contributed by atoms with E-state index >= 15 is 0 Å². The number of anilines is 5. The lowest BCUT2D eigenvalue weighted by Gasteiger charge is -2.43. The Hall–Kier alpha value is -4.44. The van der Waals surface area contributed by atoms with Gasteiger partial charge in [0.1, 0.15) is 5.82 Å². The predicted octanol–water partition coefficient (Wildman–Crippen LogP) is 4.40. The summed E-state index contributed by atoms with van der Waals surface area (Å²) in [6.45, 7) is 10.6. The van der Waals surface area contributed by atoms with Crippen LogP contribution < -0.4 is 20.0 Å². The SMILES string of the molecule is C=C(C)C(=O)N1CC[C@H](N2Cc3cnc(Nc4ccc(N5CCN(C)CC5)cc4)nc3N(C)C2=O)c2ccccc21. The molecule has 6 rings (SSSR count). The van der Waals surface area contributed by atoms with Gasteiger partial charge in [-0.3, -0.25) is 9.69 Å². The van der Waals surface area contributed by atoms with Crippen LogP contribution in [0.25, 0.3) is 0 Å². The van der Waals surface area contributed by atoms with E-state index < -0.39 is 0 Å². The van der Waals surface area contributed by atoms with Crippen LogP contribution in [0.3, 0.4) is 0 Å². The number of para-hydroxylation sites is 1. The zero-order chi connectivity index (χ0) is 28.7. The minimum atomic E-state index is -0.167. The molecule has 3 aliphatic rings. The molecule has 10 heteroatoms. The number of benzene rings is 2. The molecule has 1 saturated heterocycles. The van der Waals surface area contributed by atoms with Crippen molar-refractivity contribution in [1.82, 2.24) is 19.8 Å². The third-order valence-corrected chi connectivity index (χ3v) is 8.22. The van der Waals surface area contributed by atoms with Gasteiger partial charge in [0, 0.05) is 74.2 Å². The van der Waals surface area contributed by atoms with E-state index in [0.717, 1.165) is 48.7 Å². The standard InChI is InChI=1S/C31H36N8O2/c1-21(2)29(40)38-14-13-27(25-7-5-6-8-26(25)38)39-20-22-19-32-30(34-28(22)36(4)31(39)41)33-23-9-11-24(12-10-23)37-17-15-35(3)16-18-37/h5-12,19,27H,1,13-18,20H2,2-4H3,(H,32,33,34)/t27-/m0/s1. The van der Waals surface area contributed by atoms with E-state index in [4.69, 9.17) is 4.98 Å². The Kier molecular flexibility index (Phi) is 7.08. The highest BCUT2D eigenvalue weighted by atomic mass is 16.2. The molecule has 212 valence electrons. The maximum atomic E-state index is 13.7. The van der Waals surface area contributed by atoms with Crippen LogP contribution in [0.4, 0.5) is 33.6 Å². The summed E-state index contributed by atoms with van der Waals surface area (Å²) in [5.74, 6) is 0.952. The van der Waals surface area contributed by atoms with E-state index in [2.05, 4.69) is 45.9 Å². The number of likely N-dealkylation sites (N-methyl/N-ethyl adjacent to an activating group) is 1. The van der Waals surface area contributed by atoms with Crippen molar-refractivity contribution in [3.05, 3.63) is 78.0 Å². The molecule has 2 aromatic carbocycles. The van der Waals surface area contributed by atoms with Crippen molar-refractivity contribution in [3.8, 4) is 0 Å². The Morgan fingerprint density at radius 2 is 1.73 bits per heavy atom. The molecule has 4 heterocycles. The van der Waals surface area contributed by atoms with Gasteiger partial charge in [-0.05, 0) is 56.3 Å². The van der Waals surface area contributed by atoms with Crippen molar-refractivity contribution < 1.29 is 9.59 Å². The summed E-state index contributed by atoms with van der Waals surface area (Å²) in [6.07, 6.45) is 2.43. The first-order valence-electron chi connectivity index (χ1n) is 14.1. The molecule has 3 aromatic rings. The van der Waals surface area contributed by atoms with Crippen molar-refractivity contribution in [1.29, 1.82) is 0 Å².